The first-order valence-corrected chi connectivity index (χ1v) is 10.8. The summed E-state index contributed by atoms with van der Waals surface area (Å²) in [4.78, 5) is 31.0. The van der Waals surface area contributed by atoms with Crippen LogP contribution in [0.15, 0.2) is 42.5 Å². The van der Waals surface area contributed by atoms with Crippen molar-refractivity contribution in [1.82, 2.24) is 0 Å². The Kier molecular flexibility index (Phi) is 5.77. The molecule has 2 aliphatic heterocycles. The van der Waals surface area contributed by atoms with Gasteiger partial charge in [-0.05, 0) is 50.1 Å². The molecule has 2 amide bonds. The van der Waals surface area contributed by atoms with Gasteiger partial charge >= 0.3 is 0 Å². The molecule has 0 saturated carbocycles. The van der Waals surface area contributed by atoms with Gasteiger partial charge in [-0.3, -0.25) is 9.59 Å². The maximum absolute atomic E-state index is 13.3. The van der Waals surface area contributed by atoms with Gasteiger partial charge in [0, 0.05) is 18.2 Å². The van der Waals surface area contributed by atoms with Crippen LogP contribution in [-0.2, 0) is 9.59 Å². The summed E-state index contributed by atoms with van der Waals surface area (Å²) in [5.74, 6) is 0.0429. The Morgan fingerprint density at radius 3 is 2.53 bits per heavy atom. The molecule has 0 aliphatic carbocycles. The lowest BCUT2D eigenvalue weighted by Crippen LogP contribution is -3.16. The van der Waals surface area contributed by atoms with Crippen LogP contribution in [0.3, 0.4) is 0 Å². The zero-order chi connectivity index (χ0) is 21.3. The maximum Gasteiger partial charge on any atom is 0.282 e. The predicted molar refractivity (Wildman–Crippen MR) is 120 cm³/mol. The standard InChI is InChI=1S/C24H30N4O2/c1-17-7-6-10-21(19(17)3)27-13-11-26(12-14-27)16-24(30)28-18(2)15-23(29)25-20-8-4-5-9-22(20)28/h4-10,18H,11-16H2,1-3H3,(H,25,29)/p+1/t18-/m1/s1. The Balaban J connectivity index is 1.44. The highest BCUT2D eigenvalue weighted by Crippen LogP contribution is 2.31. The van der Waals surface area contributed by atoms with Crippen molar-refractivity contribution < 1.29 is 14.5 Å². The van der Waals surface area contributed by atoms with Crippen LogP contribution in [0.5, 0.6) is 0 Å². The smallest absolute Gasteiger partial charge is 0.282 e. The number of para-hydroxylation sites is 2. The first kappa shape index (κ1) is 20.4. The highest BCUT2D eigenvalue weighted by Gasteiger charge is 2.32. The van der Waals surface area contributed by atoms with Crippen LogP contribution < -0.4 is 20.0 Å². The molecule has 30 heavy (non-hydrogen) atoms. The van der Waals surface area contributed by atoms with Gasteiger partial charge in [-0.2, -0.15) is 0 Å². The number of fused-ring (bicyclic) bond motifs is 1. The van der Waals surface area contributed by atoms with Crippen molar-refractivity contribution in [2.45, 2.75) is 33.2 Å². The van der Waals surface area contributed by atoms with Crippen LogP contribution in [0.1, 0.15) is 24.5 Å². The van der Waals surface area contributed by atoms with Crippen molar-refractivity contribution in [3.63, 3.8) is 0 Å². The van der Waals surface area contributed by atoms with Gasteiger partial charge < -0.3 is 20.0 Å². The number of anilines is 3. The van der Waals surface area contributed by atoms with Crippen LogP contribution in [0.2, 0.25) is 0 Å². The Bertz CT molecular complexity index is 950. The fourth-order valence-corrected chi connectivity index (χ4v) is 4.59. The minimum absolute atomic E-state index is 0.0419. The molecule has 158 valence electrons. The molecule has 6 heteroatoms. The van der Waals surface area contributed by atoms with Gasteiger partial charge in [0.15, 0.2) is 6.54 Å². The molecule has 4 rings (SSSR count). The van der Waals surface area contributed by atoms with Gasteiger partial charge in [-0.1, -0.05) is 24.3 Å². The van der Waals surface area contributed by atoms with E-state index in [9.17, 15) is 9.59 Å². The monoisotopic (exact) mass is 407 g/mol. The first-order chi connectivity index (χ1) is 14.4. The van der Waals surface area contributed by atoms with Crippen molar-refractivity contribution in [3.05, 3.63) is 53.6 Å². The number of carbonyl (C=O) groups excluding carboxylic acids is 2. The molecule has 0 radical (unpaired) electrons. The third-order valence-corrected chi connectivity index (χ3v) is 6.42. The Labute approximate surface area is 178 Å². The summed E-state index contributed by atoms with van der Waals surface area (Å²) in [6, 6.07) is 13.9. The molecular weight excluding hydrogens is 376 g/mol. The summed E-state index contributed by atoms with van der Waals surface area (Å²) < 4.78 is 0. The summed E-state index contributed by atoms with van der Waals surface area (Å²) in [7, 11) is 0. The number of hydrogen-bond donors (Lipinski definition) is 2. The van der Waals surface area contributed by atoms with E-state index < -0.39 is 0 Å². The van der Waals surface area contributed by atoms with Crippen LogP contribution >= 0.6 is 0 Å². The SMILES string of the molecule is Cc1cccc(N2CC[NH+](CC(=O)N3c4ccccc4NC(=O)C[C@H]3C)CC2)c1C. The molecule has 2 N–H and O–H groups in total. The van der Waals surface area contributed by atoms with Crippen molar-refractivity contribution in [2.24, 2.45) is 0 Å². The van der Waals surface area contributed by atoms with Crippen LogP contribution in [0.4, 0.5) is 17.1 Å². The molecule has 1 atom stereocenters. The predicted octanol–water partition coefficient (Wildman–Crippen LogP) is 1.77. The average Bonchev–Trinajstić information content (AvgIpc) is 2.85. The number of nitrogens with zero attached hydrogens (tertiary/aromatic N) is 2. The number of piperazine rings is 1. The molecule has 2 aromatic rings. The van der Waals surface area contributed by atoms with E-state index in [-0.39, 0.29) is 17.9 Å². The van der Waals surface area contributed by atoms with Gasteiger partial charge in [-0.15, -0.1) is 0 Å². The van der Waals surface area contributed by atoms with Gasteiger partial charge in [0.25, 0.3) is 5.91 Å². The summed E-state index contributed by atoms with van der Waals surface area (Å²) in [6.45, 7) is 10.5. The summed E-state index contributed by atoms with van der Waals surface area (Å²) in [5.41, 5.74) is 5.47. The van der Waals surface area contributed by atoms with Gasteiger partial charge in [0.2, 0.25) is 5.91 Å². The highest BCUT2D eigenvalue weighted by molar-refractivity contribution is 6.04. The zero-order valence-corrected chi connectivity index (χ0v) is 18.1. The van der Waals surface area contributed by atoms with E-state index >= 15 is 0 Å². The number of nitrogens with one attached hydrogen (secondary N) is 2. The third-order valence-electron chi connectivity index (χ3n) is 6.42. The van der Waals surface area contributed by atoms with E-state index in [4.69, 9.17) is 0 Å². The van der Waals surface area contributed by atoms with Crippen LogP contribution in [0.25, 0.3) is 0 Å². The molecule has 1 saturated heterocycles. The number of hydrogen-bond acceptors (Lipinski definition) is 3. The maximum atomic E-state index is 13.3. The Hall–Kier alpha value is -2.86. The molecule has 2 heterocycles. The second-order valence-corrected chi connectivity index (χ2v) is 8.52. The van der Waals surface area contributed by atoms with E-state index in [0.29, 0.717) is 13.0 Å². The number of carbonyl (C=O) groups is 2. The molecule has 0 aromatic heterocycles. The summed E-state index contributed by atoms with van der Waals surface area (Å²) >= 11 is 0. The van der Waals surface area contributed by atoms with E-state index in [1.807, 2.05) is 36.1 Å². The zero-order valence-electron chi connectivity index (χ0n) is 18.1. The second-order valence-electron chi connectivity index (χ2n) is 8.52. The van der Waals surface area contributed by atoms with Gasteiger partial charge in [0.05, 0.1) is 37.6 Å². The number of amides is 2. The lowest BCUT2D eigenvalue weighted by atomic mass is 10.1. The first-order valence-electron chi connectivity index (χ1n) is 10.8. The van der Waals surface area contributed by atoms with Crippen molar-refractivity contribution in [2.75, 3.05) is 47.8 Å². The topological polar surface area (TPSA) is 57.1 Å². The minimum Gasteiger partial charge on any atom is -0.360 e. The number of aryl methyl sites for hydroxylation is 1. The summed E-state index contributed by atoms with van der Waals surface area (Å²) in [6.07, 6.45) is 0.316. The van der Waals surface area contributed by atoms with Crippen molar-refractivity contribution >= 4 is 28.9 Å². The highest BCUT2D eigenvalue weighted by atomic mass is 16.2. The molecule has 2 aliphatic rings. The number of benzene rings is 2. The molecular formula is C24H31N4O2+. The second kappa shape index (κ2) is 8.48. The lowest BCUT2D eigenvalue weighted by Gasteiger charge is -2.36. The lowest BCUT2D eigenvalue weighted by molar-refractivity contribution is -0.892. The van der Waals surface area contributed by atoms with Crippen LogP contribution in [-0.4, -0.2) is 50.6 Å². The van der Waals surface area contributed by atoms with Crippen LogP contribution in [0, 0.1) is 13.8 Å². The Morgan fingerprint density at radius 2 is 1.77 bits per heavy atom. The molecule has 0 unspecified atom stereocenters. The third kappa shape index (κ3) is 4.05. The number of quaternary nitrogens is 1. The van der Waals surface area contributed by atoms with Gasteiger partial charge in [0.1, 0.15) is 0 Å². The molecule has 2 aromatic carbocycles. The molecule has 6 nitrogen and oxygen atoms in total. The van der Waals surface area contributed by atoms with Gasteiger partial charge in [-0.25, -0.2) is 0 Å². The minimum atomic E-state index is -0.156. The normalized spacial score (nSPS) is 19.8. The quantitative estimate of drug-likeness (QED) is 0.816. The summed E-state index contributed by atoms with van der Waals surface area (Å²) in [5, 5.41) is 2.93. The van der Waals surface area contributed by atoms with Crippen molar-refractivity contribution in [1.29, 1.82) is 0 Å². The van der Waals surface area contributed by atoms with E-state index in [1.54, 1.807) is 0 Å². The van der Waals surface area contributed by atoms with E-state index in [1.165, 1.54) is 21.7 Å². The fourth-order valence-electron chi connectivity index (χ4n) is 4.59. The van der Waals surface area contributed by atoms with E-state index in [0.717, 1.165) is 37.6 Å². The molecule has 0 spiro atoms. The number of rotatable bonds is 3. The average molecular weight is 408 g/mol. The molecule has 1 fully saturated rings. The fraction of sp³-hybridized carbons (Fsp3) is 0.417. The molecule has 0 bridgehead atoms. The largest absolute Gasteiger partial charge is 0.360 e. The van der Waals surface area contributed by atoms with E-state index in [2.05, 4.69) is 42.3 Å². The Morgan fingerprint density at radius 1 is 1.07 bits per heavy atom. The van der Waals surface area contributed by atoms with Crippen molar-refractivity contribution in [3.8, 4) is 0 Å².